The van der Waals surface area contributed by atoms with E-state index in [2.05, 4.69) is 25.4 Å². The third-order valence-corrected chi connectivity index (χ3v) is 5.34. The summed E-state index contributed by atoms with van der Waals surface area (Å²) in [5, 5.41) is 8.29. The van der Waals surface area contributed by atoms with Crippen LogP contribution in [0, 0.1) is 0 Å². The zero-order chi connectivity index (χ0) is 25.5. The van der Waals surface area contributed by atoms with Crippen molar-refractivity contribution in [2.45, 2.75) is 12.5 Å². The highest BCUT2D eigenvalue weighted by atomic mass is 35.5. The molecule has 1 aliphatic rings. The summed E-state index contributed by atoms with van der Waals surface area (Å²) in [7, 11) is 2.35. The van der Waals surface area contributed by atoms with Crippen LogP contribution in [0.15, 0.2) is 42.5 Å². The van der Waals surface area contributed by atoms with Crippen LogP contribution in [0.25, 0.3) is 0 Å². The van der Waals surface area contributed by atoms with Gasteiger partial charge in [0.05, 0.1) is 31.8 Å². The number of anilines is 2. The number of carbonyl (C=O) groups excluding carboxylic acids is 5. The first-order valence-corrected chi connectivity index (χ1v) is 10.8. The summed E-state index contributed by atoms with van der Waals surface area (Å²) in [5.74, 6) is -2.56. The van der Waals surface area contributed by atoms with E-state index >= 15 is 0 Å². The number of nitrogens with one attached hydrogen (secondary N) is 3. The number of hydrogen-bond acceptors (Lipinski definition) is 7. The normalized spacial score (nSPS) is 15.0. The van der Waals surface area contributed by atoms with E-state index in [1.54, 1.807) is 24.3 Å². The van der Waals surface area contributed by atoms with Gasteiger partial charge in [0.2, 0.25) is 11.8 Å². The van der Waals surface area contributed by atoms with Gasteiger partial charge in [0.15, 0.2) is 0 Å². The molecule has 0 saturated carbocycles. The highest BCUT2D eigenvalue weighted by Crippen LogP contribution is 2.20. The average molecular weight is 503 g/mol. The zero-order valence-corrected chi connectivity index (χ0v) is 19.7. The number of methoxy groups -OCH3 is 2. The maximum atomic E-state index is 12.8. The molecule has 184 valence electrons. The van der Waals surface area contributed by atoms with Crippen LogP contribution in [-0.4, -0.2) is 68.0 Å². The Labute approximate surface area is 205 Å². The summed E-state index contributed by atoms with van der Waals surface area (Å²) < 4.78 is 9.36. The molecule has 2 aromatic rings. The molecule has 0 radical (unpaired) electrons. The summed E-state index contributed by atoms with van der Waals surface area (Å²) in [6.45, 7) is 0.407. The van der Waals surface area contributed by atoms with Gasteiger partial charge < -0.3 is 30.3 Å². The van der Waals surface area contributed by atoms with Crippen molar-refractivity contribution in [1.82, 2.24) is 10.2 Å². The minimum Gasteiger partial charge on any atom is -0.465 e. The number of piperazine rings is 1. The fraction of sp³-hybridized carbons (Fsp3) is 0.261. The molecule has 35 heavy (non-hydrogen) atoms. The van der Waals surface area contributed by atoms with Crippen molar-refractivity contribution in [3.8, 4) is 0 Å². The standard InChI is InChI=1S/C23H23ClN4O7/c1-34-21(31)13-8-14(22(32)35-2)10-17(9-13)26-19(29)12-18-20(30)25-6-7-28(18)23(33)27-16-5-3-4-15(24)11-16/h3-5,8-11,18H,6-7,12H2,1-2H3,(H,25,30)(H,26,29)(H,27,33)/t18-/m0/s1. The third-order valence-electron chi connectivity index (χ3n) is 5.11. The maximum absolute atomic E-state index is 12.8. The average Bonchev–Trinajstić information content (AvgIpc) is 2.83. The SMILES string of the molecule is COC(=O)c1cc(NC(=O)C[C@H]2C(=O)NCCN2C(=O)Nc2cccc(Cl)c2)cc(C(=O)OC)c1. The Bertz CT molecular complexity index is 1140. The van der Waals surface area contributed by atoms with Gasteiger partial charge >= 0.3 is 18.0 Å². The van der Waals surface area contributed by atoms with E-state index in [0.29, 0.717) is 10.7 Å². The molecule has 11 nitrogen and oxygen atoms in total. The molecule has 0 spiro atoms. The van der Waals surface area contributed by atoms with Gasteiger partial charge in [-0.1, -0.05) is 17.7 Å². The predicted octanol–water partition coefficient (Wildman–Crippen LogP) is 2.27. The molecule has 1 heterocycles. The van der Waals surface area contributed by atoms with E-state index < -0.39 is 35.8 Å². The van der Waals surface area contributed by atoms with Gasteiger partial charge in [-0.2, -0.15) is 0 Å². The van der Waals surface area contributed by atoms with Gasteiger partial charge in [-0.15, -0.1) is 0 Å². The minimum atomic E-state index is -1.09. The second-order valence-electron chi connectivity index (χ2n) is 7.48. The fourth-order valence-electron chi connectivity index (χ4n) is 3.48. The van der Waals surface area contributed by atoms with E-state index in [4.69, 9.17) is 11.6 Å². The Morgan fingerprint density at radius 2 is 1.66 bits per heavy atom. The molecule has 3 rings (SSSR count). The smallest absolute Gasteiger partial charge is 0.337 e. The lowest BCUT2D eigenvalue weighted by Crippen LogP contribution is -2.59. The highest BCUT2D eigenvalue weighted by Gasteiger charge is 2.35. The van der Waals surface area contributed by atoms with Crippen molar-refractivity contribution in [1.29, 1.82) is 0 Å². The molecule has 1 aliphatic heterocycles. The van der Waals surface area contributed by atoms with Crippen molar-refractivity contribution in [2.24, 2.45) is 0 Å². The third kappa shape index (κ3) is 6.48. The number of urea groups is 1. The molecule has 1 atom stereocenters. The number of nitrogens with zero attached hydrogens (tertiary/aromatic N) is 1. The Balaban J connectivity index is 1.76. The van der Waals surface area contributed by atoms with Gasteiger partial charge in [-0.25, -0.2) is 14.4 Å². The van der Waals surface area contributed by atoms with Crippen molar-refractivity contribution < 1.29 is 33.4 Å². The van der Waals surface area contributed by atoms with Crippen LogP contribution in [0.2, 0.25) is 5.02 Å². The van der Waals surface area contributed by atoms with Crippen molar-refractivity contribution >= 4 is 52.8 Å². The van der Waals surface area contributed by atoms with Crippen LogP contribution in [0.3, 0.4) is 0 Å². The molecular weight excluding hydrogens is 480 g/mol. The molecule has 1 saturated heterocycles. The van der Waals surface area contributed by atoms with Crippen molar-refractivity contribution in [3.63, 3.8) is 0 Å². The van der Waals surface area contributed by atoms with E-state index in [1.165, 1.54) is 37.3 Å². The first-order valence-electron chi connectivity index (χ1n) is 10.4. The molecule has 0 aliphatic carbocycles. The molecule has 0 unspecified atom stereocenters. The summed E-state index contributed by atoms with van der Waals surface area (Å²) in [4.78, 5) is 63.3. The number of ether oxygens (including phenoxy) is 2. The predicted molar refractivity (Wildman–Crippen MR) is 126 cm³/mol. The lowest BCUT2D eigenvalue weighted by atomic mass is 10.1. The Kier molecular flexibility index (Phi) is 8.26. The number of rotatable bonds is 6. The lowest BCUT2D eigenvalue weighted by Gasteiger charge is -2.34. The van der Waals surface area contributed by atoms with Gasteiger partial charge in [-0.05, 0) is 36.4 Å². The molecule has 0 bridgehead atoms. The molecule has 3 N–H and O–H groups in total. The van der Waals surface area contributed by atoms with Crippen LogP contribution < -0.4 is 16.0 Å². The van der Waals surface area contributed by atoms with Crippen LogP contribution in [0.5, 0.6) is 0 Å². The summed E-state index contributed by atoms with van der Waals surface area (Å²) >= 11 is 5.95. The monoisotopic (exact) mass is 502 g/mol. The molecule has 2 aromatic carbocycles. The minimum absolute atomic E-state index is 0.0173. The van der Waals surface area contributed by atoms with Crippen LogP contribution in [0.4, 0.5) is 16.2 Å². The van der Waals surface area contributed by atoms with E-state index in [1.807, 2.05) is 0 Å². The van der Waals surface area contributed by atoms with E-state index in [-0.39, 0.29) is 36.3 Å². The molecule has 1 fully saturated rings. The topological polar surface area (TPSA) is 143 Å². The zero-order valence-electron chi connectivity index (χ0n) is 18.9. The maximum Gasteiger partial charge on any atom is 0.337 e. The van der Waals surface area contributed by atoms with Crippen LogP contribution in [0.1, 0.15) is 27.1 Å². The largest absolute Gasteiger partial charge is 0.465 e. The number of carbonyl (C=O) groups is 5. The molecule has 4 amide bonds. The number of benzene rings is 2. The Morgan fingerprint density at radius 1 is 1.00 bits per heavy atom. The second-order valence-corrected chi connectivity index (χ2v) is 7.91. The number of hydrogen-bond donors (Lipinski definition) is 3. The van der Waals surface area contributed by atoms with Gasteiger partial charge in [0, 0.05) is 29.5 Å². The number of halogens is 1. The summed E-state index contributed by atoms with van der Waals surface area (Å²) in [6.07, 6.45) is -0.370. The van der Waals surface area contributed by atoms with Crippen molar-refractivity contribution in [2.75, 3.05) is 37.9 Å². The van der Waals surface area contributed by atoms with E-state index in [9.17, 15) is 24.0 Å². The Morgan fingerprint density at radius 3 is 2.26 bits per heavy atom. The summed E-state index contributed by atoms with van der Waals surface area (Å²) in [5.41, 5.74) is 0.586. The molecule has 0 aromatic heterocycles. The van der Waals surface area contributed by atoms with Crippen molar-refractivity contribution in [3.05, 3.63) is 58.6 Å². The Hall–Kier alpha value is -4.12. The fourth-order valence-corrected chi connectivity index (χ4v) is 3.67. The number of esters is 2. The molecule has 12 heteroatoms. The van der Waals surface area contributed by atoms with Gasteiger partial charge in [0.1, 0.15) is 6.04 Å². The first-order chi connectivity index (χ1) is 16.7. The highest BCUT2D eigenvalue weighted by molar-refractivity contribution is 6.30. The number of amides is 4. The quantitative estimate of drug-likeness (QED) is 0.514. The van der Waals surface area contributed by atoms with Crippen LogP contribution in [-0.2, 0) is 19.1 Å². The first kappa shape index (κ1) is 25.5. The van der Waals surface area contributed by atoms with Gasteiger partial charge in [-0.3, -0.25) is 9.59 Å². The van der Waals surface area contributed by atoms with E-state index in [0.717, 1.165) is 0 Å². The van der Waals surface area contributed by atoms with Gasteiger partial charge in [0.25, 0.3) is 0 Å². The summed E-state index contributed by atoms with van der Waals surface area (Å²) in [6, 6.07) is 8.76. The molecular formula is C23H23ClN4O7. The van der Waals surface area contributed by atoms with Crippen LogP contribution >= 0.6 is 11.6 Å². The lowest BCUT2D eigenvalue weighted by molar-refractivity contribution is -0.130. The second kappa shape index (κ2) is 11.3.